The highest BCUT2D eigenvalue weighted by molar-refractivity contribution is 7.09. The van der Waals surface area contributed by atoms with E-state index in [9.17, 15) is 33.0 Å². The highest BCUT2D eigenvalue weighted by atomic mass is 32.1. The van der Waals surface area contributed by atoms with Crippen LogP contribution < -0.4 is 0 Å². The number of ketones is 1. The standard InChI is InChI=1S/C28H36F3NO5S/c1-16-8-7-9-20(28(29,30)31)10-11-22(17(2)12-21-15-38-23(14-33)32-21)37-24(34)13-18(3)27(5,6)26(36)19(4)25(16)35/h7-8,10,12,15-16,19,22,25,33,35H,3,9,11,13-14H2,1-2,4-6H3/b8-7+,17-12+,20-10+. The van der Waals surface area contributed by atoms with E-state index in [0.29, 0.717) is 16.3 Å². The van der Waals surface area contributed by atoms with E-state index in [0.717, 1.165) is 6.08 Å². The number of nitrogens with zero attached hydrogens (tertiary/aromatic N) is 1. The van der Waals surface area contributed by atoms with Gasteiger partial charge in [0, 0.05) is 34.6 Å². The highest BCUT2D eigenvalue weighted by Crippen LogP contribution is 2.35. The molecule has 0 radical (unpaired) electrons. The molecule has 1 aromatic rings. The van der Waals surface area contributed by atoms with E-state index in [1.807, 2.05) is 0 Å². The zero-order chi connectivity index (χ0) is 28.8. The second-order valence-corrected chi connectivity index (χ2v) is 11.1. The largest absolute Gasteiger partial charge is 0.457 e. The van der Waals surface area contributed by atoms with Crippen molar-refractivity contribution in [2.75, 3.05) is 0 Å². The van der Waals surface area contributed by atoms with Crippen LogP contribution >= 0.6 is 11.3 Å². The first kappa shape index (κ1) is 31.7. The van der Waals surface area contributed by atoms with E-state index in [1.165, 1.54) is 23.5 Å². The van der Waals surface area contributed by atoms with Crippen molar-refractivity contribution in [3.63, 3.8) is 0 Å². The Morgan fingerprint density at radius 1 is 1.32 bits per heavy atom. The third-order valence-electron chi connectivity index (χ3n) is 6.90. The topological polar surface area (TPSA) is 96.7 Å². The SMILES string of the molecule is C=C1CC(=O)OC(/C(C)=C/c2csc(CO)n2)C/C=C(/C(F)(F)F)C/C=C/C(C)C(O)C(C)C(=O)C1(C)C. The van der Waals surface area contributed by atoms with Gasteiger partial charge < -0.3 is 14.9 Å². The van der Waals surface area contributed by atoms with Crippen LogP contribution in [0.15, 0.2) is 46.9 Å². The van der Waals surface area contributed by atoms with Crippen LogP contribution in [-0.4, -0.2) is 45.3 Å². The van der Waals surface area contributed by atoms with Gasteiger partial charge in [-0.2, -0.15) is 13.2 Å². The minimum absolute atomic E-state index is 0.238. The van der Waals surface area contributed by atoms with Gasteiger partial charge in [-0.1, -0.05) is 44.2 Å². The lowest BCUT2D eigenvalue weighted by molar-refractivity contribution is -0.146. The van der Waals surface area contributed by atoms with Crippen molar-refractivity contribution in [3.05, 3.63) is 57.6 Å². The predicted octanol–water partition coefficient (Wildman–Crippen LogP) is 5.96. The molecule has 38 heavy (non-hydrogen) atoms. The van der Waals surface area contributed by atoms with Crippen LogP contribution in [0.2, 0.25) is 0 Å². The Kier molecular flexibility index (Phi) is 10.8. The number of hydrogen-bond donors (Lipinski definition) is 2. The Balaban J connectivity index is 2.51. The van der Waals surface area contributed by atoms with Gasteiger partial charge in [-0.05, 0) is 38.8 Å². The van der Waals surface area contributed by atoms with Crippen molar-refractivity contribution in [1.82, 2.24) is 4.98 Å². The quantitative estimate of drug-likeness (QED) is 0.353. The van der Waals surface area contributed by atoms with Gasteiger partial charge in [0.05, 0.1) is 24.8 Å². The van der Waals surface area contributed by atoms with E-state index in [-0.39, 0.29) is 30.8 Å². The number of allylic oxidation sites excluding steroid dienone is 2. The normalized spacial score (nSPS) is 28.9. The number of carbonyl (C=O) groups is 2. The van der Waals surface area contributed by atoms with Crippen molar-refractivity contribution < 1.29 is 37.7 Å². The lowest BCUT2D eigenvalue weighted by Crippen LogP contribution is -2.39. The predicted molar refractivity (Wildman–Crippen MR) is 141 cm³/mol. The fourth-order valence-corrected chi connectivity index (χ4v) is 4.76. The van der Waals surface area contributed by atoms with Crippen LogP contribution in [-0.2, 0) is 20.9 Å². The molecule has 4 atom stereocenters. The Hall–Kier alpha value is -2.56. The average molecular weight is 556 g/mol. The maximum absolute atomic E-state index is 13.8. The first-order valence-corrected chi connectivity index (χ1v) is 13.2. The number of alkyl halides is 3. The van der Waals surface area contributed by atoms with Gasteiger partial charge in [-0.15, -0.1) is 11.3 Å². The van der Waals surface area contributed by atoms with E-state index >= 15 is 0 Å². The molecule has 0 amide bonds. The third kappa shape index (κ3) is 8.22. The molecule has 0 saturated heterocycles. The molecule has 0 spiro atoms. The fourth-order valence-electron chi connectivity index (χ4n) is 4.15. The molecule has 4 unspecified atom stereocenters. The van der Waals surface area contributed by atoms with Crippen LogP contribution in [0.4, 0.5) is 13.2 Å². The second kappa shape index (κ2) is 13.0. The molecule has 1 aliphatic rings. The molecule has 6 nitrogen and oxygen atoms in total. The van der Waals surface area contributed by atoms with Crippen molar-refractivity contribution in [2.45, 2.75) is 78.9 Å². The van der Waals surface area contributed by atoms with Crippen LogP contribution in [0.25, 0.3) is 6.08 Å². The minimum atomic E-state index is -4.61. The molecule has 2 heterocycles. The van der Waals surface area contributed by atoms with Gasteiger partial charge in [0.1, 0.15) is 16.9 Å². The van der Waals surface area contributed by atoms with Crippen LogP contribution in [0.5, 0.6) is 0 Å². The molecule has 0 saturated carbocycles. The Bertz CT molecular complexity index is 1120. The average Bonchev–Trinajstić information content (AvgIpc) is 3.29. The number of cyclic esters (lactones) is 1. The summed E-state index contributed by atoms with van der Waals surface area (Å²) in [5.41, 5.74) is -0.734. The minimum Gasteiger partial charge on any atom is -0.457 e. The number of thiazole rings is 1. The van der Waals surface area contributed by atoms with E-state index in [4.69, 9.17) is 4.74 Å². The Labute approximate surface area is 225 Å². The number of aliphatic hydroxyl groups excluding tert-OH is 2. The molecule has 1 aromatic heterocycles. The summed E-state index contributed by atoms with van der Waals surface area (Å²) in [4.78, 5) is 30.4. The maximum atomic E-state index is 13.8. The zero-order valence-electron chi connectivity index (χ0n) is 22.3. The summed E-state index contributed by atoms with van der Waals surface area (Å²) in [7, 11) is 0. The number of rotatable bonds is 3. The summed E-state index contributed by atoms with van der Waals surface area (Å²) in [5.74, 6) is -2.49. The molecule has 10 heteroatoms. The lowest BCUT2D eigenvalue weighted by Gasteiger charge is -2.32. The number of hydrogen-bond acceptors (Lipinski definition) is 7. The van der Waals surface area contributed by atoms with E-state index in [1.54, 1.807) is 46.1 Å². The van der Waals surface area contributed by atoms with Crippen LogP contribution in [0, 0.1) is 17.3 Å². The lowest BCUT2D eigenvalue weighted by atomic mass is 9.72. The molecule has 0 aliphatic carbocycles. The molecular formula is C28H36F3NO5S. The molecule has 210 valence electrons. The molecule has 2 N–H and O–H groups in total. The first-order chi connectivity index (χ1) is 17.6. The number of aromatic nitrogens is 1. The molecule has 0 bridgehead atoms. The Morgan fingerprint density at radius 2 is 1.97 bits per heavy atom. The number of ether oxygens (including phenoxy) is 1. The summed E-state index contributed by atoms with van der Waals surface area (Å²) in [6.45, 7) is 11.7. The zero-order valence-corrected chi connectivity index (χ0v) is 23.2. The number of Topliss-reactive ketones (excluding diaryl/α,β-unsaturated/α-hetero) is 1. The van der Waals surface area contributed by atoms with Crippen molar-refractivity contribution in [3.8, 4) is 0 Å². The van der Waals surface area contributed by atoms with Crippen LogP contribution in [0.1, 0.15) is 64.6 Å². The number of halogens is 3. The fraction of sp³-hybridized carbons (Fsp3) is 0.536. The van der Waals surface area contributed by atoms with Crippen molar-refractivity contribution in [1.29, 1.82) is 0 Å². The van der Waals surface area contributed by atoms with Gasteiger partial charge in [0.2, 0.25) is 0 Å². The number of aliphatic hydroxyl groups is 2. The highest BCUT2D eigenvalue weighted by Gasteiger charge is 2.39. The number of carbonyl (C=O) groups excluding carboxylic acids is 2. The van der Waals surface area contributed by atoms with E-state index < -0.39 is 53.6 Å². The molecule has 0 aromatic carbocycles. The first-order valence-electron chi connectivity index (χ1n) is 12.3. The summed E-state index contributed by atoms with van der Waals surface area (Å²) in [5, 5.41) is 22.1. The monoisotopic (exact) mass is 555 g/mol. The summed E-state index contributed by atoms with van der Waals surface area (Å²) >= 11 is 1.23. The summed E-state index contributed by atoms with van der Waals surface area (Å²) < 4.78 is 47.0. The Morgan fingerprint density at radius 3 is 2.55 bits per heavy atom. The smallest absolute Gasteiger partial charge is 0.412 e. The van der Waals surface area contributed by atoms with Gasteiger partial charge in [0.15, 0.2) is 0 Å². The summed E-state index contributed by atoms with van der Waals surface area (Å²) in [6, 6.07) is 0. The molecular weight excluding hydrogens is 519 g/mol. The van der Waals surface area contributed by atoms with Gasteiger partial charge in [-0.25, -0.2) is 4.98 Å². The van der Waals surface area contributed by atoms with Gasteiger partial charge in [0.25, 0.3) is 0 Å². The maximum Gasteiger partial charge on any atom is 0.412 e. The molecule has 2 rings (SSSR count). The second-order valence-electron chi connectivity index (χ2n) is 10.2. The van der Waals surface area contributed by atoms with Crippen molar-refractivity contribution >= 4 is 29.2 Å². The number of esters is 1. The van der Waals surface area contributed by atoms with Gasteiger partial charge >= 0.3 is 12.1 Å². The van der Waals surface area contributed by atoms with Gasteiger partial charge in [-0.3, -0.25) is 9.59 Å². The molecule has 1 aliphatic heterocycles. The van der Waals surface area contributed by atoms with E-state index in [2.05, 4.69) is 11.6 Å². The summed E-state index contributed by atoms with van der Waals surface area (Å²) in [6.07, 6.45) is -2.35. The third-order valence-corrected chi connectivity index (χ3v) is 7.76. The van der Waals surface area contributed by atoms with Crippen LogP contribution in [0.3, 0.4) is 0 Å². The van der Waals surface area contributed by atoms with Crippen molar-refractivity contribution in [2.24, 2.45) is 17.3 Å². The molecule has 0 fully saturated rings.